The monoisotopic (exact) mass is 284 g/mol. The van der Waals surface area contributed by atoms with Crippen LogP contribution in [0.1, 0.15) is 18.5 Å². The van der Waals surface area contributed by atoms with Crippen molar-refractivity contribution in [3.05, 3.63) is 58.1 Å². The van der Waals surface area contributed by atoms with Gasteiger partial charge in [0, 0.05) is 12.2 Å². The highest BCUT2D eigenvalue weighted by molar-refractivity contribution is 6.32. The van der Waals surface area contributed by atoms with E-state index in [4.69, 9.17) is 23.2 Å². The van der Waals surface area contributed by atoms with Crippen LogP contribution in [-0.2, 0) is 0 Å². The van der Waals surface area contributed by atoms with Crippen molar-refractivity contribution in [3.8, 4) is 0 Å². The number of benzene rings is 1. The van der Waals surface area contributed by atoms with E-state index in [-0.39, 0.29) is 11.1 Å². The molecule has 2 rings (SSSR count). The summed E-state index contributed by atoms with van der Waals surface area (Å²) in [5.74, 6) is -0.424. The van der Waals surface area contributed by atoms with E-state index in [2.05, 4.69) is 10.3 Å². The lowest BCUT2D eigenvalue weighted by molar-refractivity contribution is 0.627. The predicted molar refractivity (Wildman–Crippen MR) is 72.7 cm³/mol. The van der Waals surface area contributed by atoms with E-state index in [0.717, 1.165) is 11.3 Å². The third-order valence-corrected chi connectivity index (χ3v) is 3.17. The minimum atomic E-state index is -0.424. The fourth-order valence-corrected chi connectivity index (χ4v) is 1.95. The first-order chi connectivity index (χ1) is 8.58. The topological polar surface area (TPSA) is 24.9 Å². The van der Waals surface area contributed by atoms with Crippen molar-refractivity contribution < 1.29 is 4.39 Å². The van der Waals surface area contributed by atoms with Gasteiger partial charge in [-0.05, 0) is 36.8 Å². The van der Waals surface area contributed by atoms with Gasteiger partial charge in [-0.25, -0.2) is 9.37 Å². The molecule has 18 heavy (non-hydrogen) atoms. The minimum absolute atomic E-state index is 0.0511. The van der Waals surface area contributed by atoms with Gasteiger partial charge in [0.2, 0.25) is 0 Å². The zero-order valence-electron chi connectivity index (χ0n) is 9.62. The molecule has 94 valence electrons. The van der Waals surface area contributed by atoms with Crippen LogP contribution in [-0.4, -0.2) is 4.98 Å². The zero-order valence-corrected chi connectivity index (χ0v) is 11.1. The maximum absolute atomic E-state index is 13.1. The molecule has 0 aliphatic carbocycles. The van der Waals surface area contributed by atoms with Crippen LogP contribution in [0.15, 0.2) is 36.5 Å². The van der Waals surface area contributed by atoms with Crippen molar-refractivity contribution >= 4 is 28.9 Å². The lowest BCUT2D eigenvalue weighted by Crippen LogP contribution is -2.07. The third kappa shape index (κ3) is 2.92. The number of pyridine rings is 1. The van der Waals surface area contributed by atoms with Gasteiger partial charge in [0.15, 0.2) is 5.15 Å². The van der Waals surface area contributed by atoms with Gasteiger partial charge in [0.1, 0.15) is 5.82 Å². The number of aromatic nitrogens is 1. The Balaban J connectivity index is 2.19. The Labute approximate surface area is 115 Å². The molecule has 0 bridgehead atoms. The van der Waals surface area contributed by atoms with Gasteiger partial charge in [0.25, 0.3) is 0 Å². The van der Waals surface area contributed by atoms with Crippen LogP contribution in [0.5, 0.6) is 0 Å². The smallest absolute Gasteiger partial charge is 0.152 e. The molecule has 2 nitrogen and oxygen atoms in total. The zero-order chi connectivity index (χ0) is 13.1. The fourth-order valence-electron chi connectivity index (χ4n) is 1.59. The van der Waals surface area contributed by atoms with E-state index < -0.39 is 5.82 Å². The highest BCUT2D eigenvalue weighted by Crippen LogP contribution is 2.26. The molecule has 0 spiro atoms. The summed E-state index contributed by atoms with van der Waals surface area (Å²) in [7, 11) is 0. The summed E-state index contributed by atoms with van der Waals surface area (Å²) in [5, 5.41) is 3.71. The molecule has 1 unspecified atom stereocenters. The number of hydrogen-bond acceptors (Lipinski definition) is 2. The van der Waals surface area contributed by atoms with E-state index in [9.17, 15) is 4.39 Å². The maximum Gasteiger partial charge on any atom is 0.152 e. The molecule has 0 fully saturated rings. The van der Waals surface area contributed by atoms with Gasteiger partial charge >= 0.3 is 0 Å². The van der Waals surface area contributed by atoms with Crippen molar-refractivity contribution in [2.45, 2.75) is 13.0 Å². The summed E-state index contributed by atoms with van der Waals surface area (Å²) in [6.45, 7) is 1.94. The SMILES string of the molecule is CC(Nc1cccnc1Cl)c1ccc(F)c(Cl)c1. The number of anilines is 1. The van der Waals surface area contributed by atoms with Gasteiger partial charge in [-0.15, -0.1) is 0 Å². The molecule has 0 aliphatic heterocycles. The Morgan fingerprint density at radius 2 is 2.06 bits per heavy atom. The highest BCUT2D eigenvalue weighted by Gasteiger charge is 2.10. The largest absolute Gasteiger partial charge is 0.376 e. The van der Waals surface area contributed by atoms with Gasteiger partial charge in [-0.2, -0.15) is 0 Å². The van der Waals surface area contributed by atoms with E-state index in [0.29, 0.717) is 5.15 Å². The van der Waals surface area contributed by atoms with Crippen LogP contribution in [0.25, 0.3) is 0 Å². The summed E-state index contributed by atoms with van der Waals surface area (Å²) in [5.41, 5.74) is 1.61. The Hall–Kier alpha value is -1.32. The molecule has 0 saturated heterocycles. The van der Waals surface area contributed by atoms with Crippen LogP contribution in [0.4, 0.5) is 10.1 Å². The predicted octanol–water partition coefficient (Wildman–Crippen LogP) is 4.70. The molecule has 1 aromatic carbocycles. The number of halogens is 3. The molecular formula is C13H11Cl2FN2. The second-order valence-corrected chi connectivity index (χ2v) is 4.65. The highest BCUT2D eigenvalue weighted by atomic mass is 35.5. The Morgan fingerprint density at radius 1 is 1.28 bits per heavy atom. The van der Waals surface area contributed by atoms with E-state index in [1.54, 1.807) is 24.4 Å². The molecule has 0 saturated carbocycles. The molecule has 1 heterocycles. The quantitative estimate of drug-likeness (QED) is 0.827. The van der Waals surface area contributed by atoms with Gasteiger partial charge in [-0.3, -0.25) is 0 Å². The molecule has 0 radical (unpaired) electrons. The Bertz CT molecular complexity index is 560. The van der Waals surface area contributed by atoms with E-state index >= 15 is 0 Å². The minimum Gasteiger partial charge on any atom is -0.376 e. The lowest BCUT2D eigenvalue weighted by atomic mass is 10.1. The molecular weight excluding hydrogens is 274 g/mol. The molecule has 5 heteroatoms. The van der Waals surface area contributed by atoms with Crippen molar-refractivity contribution in [2.24, 2.45) is 0 Å². The summed E-state index contributed by atoms with van der Waals surface area (Å²) >= 11 is 11.7. The van der Waals surface area contributed by atoms with Crippen molar-refractivity contribution in [3.63, 3.8) is 0 Å². The van der Waals surface area contributed by atoms with Gasteiger partial charge in [0.05, 0.1) is 10.7 Å². The lowest BCUT2D eigenvalue weighted by Gasteiger charge is -2.16. The van der Waals surface area contributed by atoms with E-state index in [1.807, 2.05) is 13.0 Å². The number of hydrogen-bond donors (Lipinski definition) is 1. The molecule has 0 amide bonds. The van der Waals surface area contributed by atoms with E-state index in [1.165, 1.54) is 6.07 Å². The molecule has 2 aromatic rings. The first-order valence-corrected chi connectivity index (χ1v) is 6.15. The molecule has 0 aliphatic rings. The summed E-state index contributed by atoms with van der Waals surface area (Å²) in [4.78, 5) is 3.97. The molecule has 1 N–H and O–H groups in total. The van der Waals surface area contributed by atoms with Crippen LogP contribution < -0.4 is 5.32 Å². The normalized spacial score (nSPS) is 12.2. The fraction of sp³-hybridized carbons (Fsp3) is 0.154. The first-order valence-electron chi connectivity index (χ1n) is 5.40. The number of nitrogens with one attached hydrogen (secondary N) is 1. The average Bonchev–Trinajstić information content (AvgIpc) is 2.35. The van der Waals surface area contributed by atoms with Crippen LogP contribution in [0.2, 0.25) is 10.2 Å². The van der Waals surface area contributed by atoms with Crippen molar-refractivity contribution in [1.29, 1.82) is 0 Å². The van der Waals surface area contributed by atoms with Crippen molar-refractivity contribution in [1.82, 2.24) is 4.98 Å². The standard InChI is InChI=1S/C13H11Cl2FN2/c1-8(9-4-5-11(16)10(14)7-9)18-12-3-2-6-17-13(12)15/h2-8,18H,1H3. The van der Waals surface area contributed by atoms with Crippen LogP contribution in [0.3, 0.4) is 0 Å². The summed E-state index contributed by atoms with van der Waals surface area (Å²) < 4.78 is 13.1. The summed E-state index contributed by atoms with van der Waals surface area (Å²) in [6, 6.07) is 8.20. The van der Waals surface area contributed by atoms with Crippen LogP contribution in [0, 0.1) is 5.82 Å². The molecule has 1 aromatic heterocycles. The number of nitrogens with zero attached hydrogens (tertiary/aromatic N) is 1. The van der Waals surface area contributed by atoms with Gasteiger partial charge < -0.3 is 5.32 Å². The third-order valence-electron chi connectivity index (χ3n) is 2.57. The van der Waals surface area contributed by atoms with Crippen LogP contribution >= 0.6 is 23.2 Å². The van der Waals surface area contributed by atoms with Crippen molar-refractivity contribution in [2.75, 3.05) is 5.32 Å². The van der Waals surface area contributed by atoms with Gasteiger partial charge in [-0.1, -0.05) is 29.3 Å². The second-order valence-electron chi connectivity index (χ2n) is 3.88. The summed E-state index contributed by atoms with van der Waals surface area (Å²) in [6.07, 6.45) is 1.62. The Kier molecular flexibility index (Phi) is 4.04. The maximum atomic E-state index is 13.1. The average molecular weight is 285 g/mol. The second kappa shape index (κ2) is 5.55. The Morgan fingerprint density at radius 3 is 2.72 bits per heavy atom. The molecule has 1 atom stereocenters. The first kappa shape index (κ1) is 13.1. The number of rotatable bonds is 3.